The molecule has 2 heteroatoms. The van der Waals surface area contributed by atoms with Crippen LogP contribution in [0.3, 0.4) is 0 Å². The molecule has 1 heterocycles. The molecule has 88 valence electrons. The van der Waals surface area contributed by atoms with Crippen molar-refractivity contribution >= 4 is 0 Å². The van der Waals surface area contributed by atoms with E-state index in [1.165, 1.54) is 32.1 Å². The highest BCUT2D eigenvalue weighted by Gasteiger charge is 2.30. The van der Waals surface area contributed by atoms with Crippen molar-refractivity contribution in [3.8, 4) is 0 Å². The first-order valence-corrected chi connectivity index (χ1v) is 6.60. The second-order valence-corrected chi connectivity index (χ2v) is 5.55. The van der Waals surface area contributed by atoms with E-state index in [0.29, 0.717) is 6.10 Å². The molecule has 2 nitrogen and oxygen atoms in total. The van der Waals surface area contributed by atoms with E-state index >= 15 is 0 Å². The SMILES string of the molecule is CC(C)C1CC(NCCC2CCCO2)C1. The van der Waals surface area contributed by atoms with Crippen LogP contribution in [0.1, 0.15) is 46.0 Å². The topological polar surface area (TPSA) is 21.3 Å². The molecule has 2 fully saturated rings. The predicted octanol–water partition coefficient (Wildman–Crippen LogP) is 2.58. The van der Waals surface area contributed by atoms with E-state index in [0.717, 1.165) is 31.0 Å². The second kappa shape index (κ2) is 5.31. The van der Waals surface area contributed by atoms with E-state index < -0.39 is 0 Å². The Morgan fingerprint density at radius 1 is 1.33 bits per heavy atom. The van der Waals surface area contributed by atoms with E-state index in [1.54, 1.807) is 0 Å². The van der Waals surface area contributed by atoms with Crippen molar-refractivity contribution in [2.24, 2.45) is 11.8 Å². The van der Waals surface area contributed by atoms with Crippen molar-refractivity contribution in [1.82, 2.24) is 5.32 Å². The van der Waals surface area contributed by atoms with Gasteiger partial charge in [0.25, 0.3) is 0 Å². The van der Waals surface area contributed by atoms with E-state index in [9.17, 15) is 0 Å². The summed E-state index contributed by atoms with van der Waals surface area (Å²) in [4.78, 5) is 0. The standard InChI is InChI=1S/C13H25NO/c1-10(2)11-8-12(9-11)14-6-5-13-4-3-7-15-13/h10-14H,3-9H2,1-2H3. The lowest BCUT2D eigenvalue weighted by atomic mass is 9.73. The predicted molar refractivity (Wildman–Crippen MR) is 62.9 cm³/mol. The fourth-order valence-corrected chi connectivity index (χ4v) is 2.69. The van der Waals surface area contributed by atoms with Crippen molar-refractivity contribution in [2.45, 2.75) is 58.1 Å². The Morgan fingerprint density at radius 3 is 2.73 bits per heavy atom. The molecule has 0 radical (unpaired) electrons. The zero-order chi connectivity index (χ0) is 10.7. The monoisotopic (exact) mass is 211 g/mol. The van der Waals surface area contributed by atoms with Crippen LogP contribution in [0, 0.1) is 11.8 Å². The van der Waals surface area contributed by atoms with Gasteiger partial charge in [-0.15, -0.1) is 0 Å². The Kier molecular flexibility index (Phi) is 4.04. The summed E-state index contributed by atoms with van der Waals surface area (Å²) in [5.74, 6) is 1.85. The van der Waals surface area contributed by atoms with Gasteiger partial charge in [0.05, 0.1) is 6.10 Å². The van der Waals surface area contributed by atoms with Gasteiger partial charge in [0.15, 0.2) is 0 Å². The van der Waals surface area contributed by atoms with E-state index in [2.05, 4.69) is 19.2 Å². The average Bonchev–Trinajstić information content (AvgIpc) is 2.60. The lowest BCUT2D eigenvalue weighted by molar-refractivity contribution is 0.0988. The summed E-state index contributed by atoms with van der Waals surface area (Å²) in [6, 6.07) is 0.804. The quantitative estimate of drug-likeness (QED) is 0.754. The molecule has 0 amide bonds. The Bertz CT molecular complexity index is 181. The number of ether oxygens (including phenoxy) is 1. The molecule has 1 unspecified atom stereocenters. The molecule has 1 saturated heterocycles. The summed E-state index contributed by atoms with van der Waals surface area (Å²) in [7, 11) is 0. The summed E-state index contributed by atoms with van der Waals surface area (Å²) in [5.41, 5.74) is 0. The van der Waals surface area contributed by atoms with Gasteiger partial charge in [0.1, 0.15) is 0 Å². The van der Waals surface area contributed by atoms with Gasteiger partial charge in [-0.25, -0.2) is 0 Å². The number of hydrogen-bond acceptors (Lipinski definition) is 2. The molecule has 1 N–H and O–H groups in total. The van der Waals surface area contributed by atoms with Crippen LogP contribution in [0.4, 0.5) is 0 Å². The Morgan fingerprint density at radius 2 is 2.13 bits per heavy atom. The third kappa shape index (κ3) is 3.18. The van der Waals surface area contributed by atoms with E-state index in [-0.39, 0.29) is 0 Å². The molecule has 2 aliphatic rings. The zero-order valence-electron chi connectivity index (χ0n) is 10.2. The molecule has 1 atom stereocenters. The number of rotatable bonds is 5. The maximum atomic E-state index is 5.61. The van der Waals surface area contributed by atoms with E-state index in [4.69, 9.17) is 4.74 Å². The summed E-state index contributed by atoms with van der Waals surface area (Å²) in [5, 5.41) is 3.65. The molecule has 1 aliphatic heterocycles. The molecular weight excluding hydrogens is 186 g/mol. The molecule has 0 bridgehead atoms. The molecule has 0 aromatic carbocycles. The van der Waals surface area contributed by atoms with Gasteiger partial charge in [-0.3, -0.25) is 0 Å². The Balaban J connectivity index is 1.49. The van der Waals surface area contributed by atoms with Crippen LogP contribution in [0.25, 0.3) is 0 Å². The minimum atomic E-state index is 0.554. The van der Waals surface area contributed by atoms with Crippen molar-refractivity contribution < 1.29 is 4.74 Å². The fraction of sp³-hybridized carbons (Fsp3) is 1.00. The number of nitrogens with one attached hydrogen (secondary N) is 1. The normalized spacial score (nSPS) is 35.8. The lowest BCUT2D eigenvalue weighted by Crippen LogP contribution is -2.43. The maximum Gasteiger partial charge on any atom is 0.0588 e. The smallest absolute Gasteiger partial charge is 0.0588 e. The minimum Gasteiger partial charge on any atom is -0.378 e. The van der Waals surface area contributed by atoms with Gasteiger partial charge in [0, 0.05) is 12.6 Å². The summed E-state index contributed by atoms with van der Waals surface area (Å²) in [6.07, 6.45) is 7.10. The highest BCUT2D eigenvalue weighted by molar-refractivity contribution is 4.86. The second-order valence-electron chi connectivity index (χ2n) is 5.55. The Hall–Kier alpha value is -0.0800. The van der Waals surface area contributed by atoms with Crippen LogP contribution in [0.5, 0.6) is 0 Å². The van der Waals surface area contributed by atoms with Crippen molar-refractivity contribution in [2.75, 3.05) is 13.2 Å². The first-order valence-electron chi connectivity index (χ1n) is 6.60. The van der Waals surface area contributed by atoms with Crippen LogP contribution in [-0.4, -0.2) is 25.3 Å². The molecule has 15 heavy (non-hydrogen) atoms. The molecule has 1 saturated carbocycles. The fourth-order valence-electron chi connectivity index (χ4n) is 2.69. The maximum absolute atomic E-state index is 5.61. The highest BCUT2D eigenvalue weighted by Crippen LogP contribution is 2.33. The van der Waals surface area contributed by atoms with Crippen LogP contribution in [0.15, 0.2) is 0 Å². The van der Waals surface area contributed by atoms with Crippen LogP contribution < -0.4 is 5.32 Å². The third-order valence-electron chi connectivity index (χ3n) is 4.04. The molecule has 0 aromatic rings. The van der Waals surface area contributed by atoms with Crippen LogP contribution >= 0.6 is 0 Å². The van der Waals surface area contributed by atoms with Crippen molar-refractivity contribution in [3.05, 3.63) is 0 Å². The van der Waals surface area contributed by atoms with Crippen molar-refractivity contribution in [1.29, 1.82) is 0 Å². The summed E-state index contributed by atoms with van der Waals surface area (Å²) in [6.45, 7) is 6.82. The van der Waals surface area contributed by atoms with Gasteiger partial charge in [0.2, 0.25) is 0 Å². The molecule has 0 aromatic heterocycles. The summed E-state index contributed by atoms with van der Waals surface area (Å²) < 4.78 is 5.61. The first kappa shape index (κ1) is 11.4. The average molecular weight is 211 g/mol. The number of hydrogen-bond donors (Lipinski definition) is 1. The zero-order valence-corrected chi connectivity index (χ0v) is 10.2. The van der Waals surface area contributed by atoms with Crippen LogP contribution in [-0.2, 0) is 4.74 Å². The molecule has 0 spiro atoms. The molecular formula is C13H25NO. The first-order chi connectivity index (χ1) is 7.25. The van der Waals surface area contributed by atoms with Crippen LogP contribution in [0.2, 0.25) is 0 Å². The molecule has 2 rings (SSSR count). The van der Waals surface area contributed by atoms with E-state index in [1.807, 2.05) is 0 Å². The van der Waals surface area contributed by atoms with Gasteiger partial charge in [-0.1, -0.05) is 13.8 Å². The van der Waals surface area contributed by atoms with Gasteiger partial charge in [-0.2, -0.15) is 0 Å². The van der Waals surface area contributed by atoms with Gasteiger partial charge >= 0.3 is 0 Å². The largest absolute Gasteiger partial charge is 0.378 e. The van der Waals surface area contributed by atoms with Gasteiger partial charge in [-0.05, 0) is 50.5 Å². The summed E-state index contributed by atoms with van der Waals surface area (Å²) >= 11 is 0. The van der Waals surface area contributed by atoms with Crippen molar-refractivity contribution in [3.63, 3.8) is 0 Å². The minimum absolute atomic E-state index is 0.554. The Labute approximate surface area is 93.8 Å². The lowest BCUT2D eigenvalue weighted by Gasteiger charge is -2.38. The highest BCUT2D eigenvalue weighted by atomic mass is 16.5. The molecule has 1 aliphatic carbocycles. The third-order valence-corrected chi connectivity index (χ3v) is 4.04. The van der Waals surface area contributed by atoms with Gasteiger partial charge < -0.3 is 10.1 Å².